The number of fused-ring (bicyclic) bond motifs is 1. The van der Waals surface area contributed by atoms with Gasteiger partial charge in [0.1, 0.15) is 23.7 Å². The summed E-state index contributed by atoms with van der Waals surface area (Å²) >= 11 is 0. The molecule has 0 unspecified atom stereocenters. The van der Waals surface area contributed by atoms with E-state index in [0.29, 0.717) is 24.6 Å². The van der Waals surface area contributed by atoms with Gasteiger partial charge in [-0.25, -0.2) is 9.07 Å². The third kappa shape index (κ3) is 5.69. The van der Waals surface area contributed by atoms with Crippen molar-refractivity contribution < 1.29 is 31.9 Å². The lowest BCUT2D eigenvalue weighted by molar-refractivity contribution is -0.137. The number of benzene rings is 2. The SMILES string of the molecule is CCN1C(=O)[C@@H](NC(=O)c2cccc(C(F)(F)F)c2)[C@@H](c2ccc(F)cn2)c2c(C(=O)N3CCC[C@H]3C#N)nn(-c3ccccc3)c21. The van der Waals surface area contributed by atoms with Crippen molar-refractivity contribution in [1.29, 1.82) is 5.26 Å². The van der Waals surface area contributed by atoms with E-state index in [2.05, 4.69) is 16.4 Å². The van der Waals surface area contributed by atoms with E-state index in [0.717, 1.165) is 24.4 Å². The van der Waals surface area contributed by atoms with Crippen LogP contribution in [0.25, 0.3) is 5.69 Å². The first-order chi connectivity index (χ1) is 22.5. The van der Waals surface area contributed by atoms with Crippen molar-refractivity contribution in [2.24, 2.45) is 0 Å². The van der Waals surface area contributed by atoms with E-state index in [9.17, 15) is 37.2 Å². The molecule has 3 atom stereocenters. The van der Waals surface area contributed by atoms with Gasteiger partial charge >= 0.3 is 6.18 Å². The zero-order chi connectivity index (χ0) is 33.5. The van der Waals surface area contributed by atoms with E-state index in [-0.39, 0.29) is 41.4 Å². The van der Waals surface area contributed by atoms with Gasteiger partial charge in [0.25, 0.3) is 17.7 Å². The predicted molar refractivity (Wildman–Crippen MR) is 160 cm³/mol. The van der Waals surface area contributed by atoms with Gasteiger partial charge in [0, 0.05) is 24.2 Å². The Labute approximate surface area is 266 Å². The maximum absolute atomic E-state index is 14.3. The number of pyridine rings is 1. The highest BCUT2D eigenvalue weighted by molar-refractivity contribution is 6.07. The molecule has 2 aromatic heterocycles. The van der Waals surface area contributed by atoms with Crippen LogP contribution in [0.15, 0.2) is 72.9 Å². The molecule has 2 aliphatic rings. The molecule has 6 rings (SSSR count). The summed E-state index contributed by atoms with van der Waals surface area (Å²) in [4.78, 5) is 49.1. The average Bonchev–Trinajstić information content (AvgIpc) is 3.71. The Kier molecular flexibility index (Phi) is 8.23. The molecule has 1 saturated heterocycles. The van der Waals surface area contributed by atoms with Gasteiger partial charge in [0.15, 0.2) is 5.69 Å². The van der Waals surface area contributed by atoms with E-state index in [1.807, 2.05) is 0 Å². The molecular formula is C33H27F4N7O3. The maximum atomic E-state index is 14.3. The van der Waals surface area contributed by atoms with Gasteiger partial charge in [0.05, 0.1) is 35.1 Å². The lowest BCUT2D eigenvalue weighted by Crippen LogP contribution is -2.56. The van der Waals surface area contributed by atoms with Crippen molar-refractivity contribution in [2.45, 2.75) is 43.9 Å². The molecule has 2 aromatic carbocycles. The van der Waals surface area contributed by atoms with Crippen LogP contribution in [0.2, 0.25) is 0 Å². The van der Waals surface area contributed by atoms with Gasteiger partial charge < -0.3 is 10.2 Å². The fourth-order valence-electron chi connectivity index (χ4n) is 6.14. The van der Waals surface area contributed by atoms with Gasteiger partial charge in [-0.1, -0.05) is 24.3 Å². The Morgan fingerprint density at radius 2 is 1.85 bits per heavy atom. The molecule has 14 heteroatoms. The van der Waals surface area contributed by atoms with Crippen LogP contribution >= 0.6 is 0 Å². The maximum Gasteiger partial charge on any atom is 0.416 e. The summed E-state index contributed by atoms with van der Waals surface area (Å²) in [6.45, 7) is 2.03. The molecular weight excluding hydrogens is 618 g/mol. The number of hydrogen-bond acceptors (Lipinski definition) is 6. The first kappa shape index (κ1) is 31.4. The van der Waals surface area contributed by atoms with E-state index in [4.69, 9.17) is 5.10 Å². The topological polar surface area (TPSA) is 124 Å². The predicted octanol–water partition coefficient (Wildman–Crippen LogP) is 4.85. The summed E-state index contributed by atoms with van der Waals surface area (Å²) in [5.41, 5.74) is -0.708. The van der Waals surface area contributed by atoms with Crippen molar-refractivity contribution in [1.82, 2.24) is 25.0 Å². The Bertz CT molecular complexity index is 1890. The van der Waals surface area contributed by atoms with Crippen LogP contribution < -0.4 is 10.2 Å². The Morgan fingerprint density at radius 3 is 2.51 bits per heavy atom. The summed E-state index contributed by atoms with van der Waals surface area (Å²) in [6, 6.07) is 14.8. The smallest absolute Gasteiger partial charge is 0.339 e. The second kappa shape index (κ2) is 12.3. The summed E-state index contributed by atoms with van der Waals surface area (Å²) in [5.74, 6) is -3.91. The molecule has 4 aromatic rings. The normalized spacial score (nSPS) is 19.3. The Hall–Kier alpha value is -5.58. The molecule has 2 aliphatic heterocycles. The molecule has 0 saturated carbocycles. The van der Waals surface area contributed by atoms with Gasteiger partial charge in [0.2, 0.25) is 0 Å². The second-order valence-electron chi connectivity index (χ2n) is 11.1. The fraction of sp³-hybridized carbons (Fsp3) is 0.273. The summed E-state index contributed by atoms with van der Waals surface area (Å²) in [6.07, 6.45) is -2.75. The molecule has 1 fully saturated rings. The average molecular weight is 646 g/mol. The fourth-order valence-corrected chi connectivity index (χ4v) is 6.14. The number of likely N-dealkylation sites (tertiary alicyclic amines) is 1. The van der Waals surface area contributed by atoms with Gasteiger partial charge in [-0.15, -0.1) is 0 Å². The number of rotatable bonds is 6. The number of nitriles is 1. The zero-order valence-electron chi connectivity index (χ0n) is 24.9. The van der Waals surface area contributed by atoms with Crippen molar-refractivity contribution in [3.8, 4) is 11.8 Å². The number of halogens is 4. The Morgan fingerprint density at radius 1 is 1.09 bits per heavy atom. The highest BCUT2D eigenvalue weighted by Crippen LogP contribution is 2.44. The van der Waals surface area contributed by atoms with Crippen LogP contribution in [-0.2, 0) is 11.0 Å². The number of likely N-dealkylation sites (N-methyl/N-ethyl adjacent to an activating group) is 1. The number of nitrogens with zero attached hydrogens (tertiary/aromatic N) is 6. The van der Waals surface area contributed by atoms with Crippen molar-refractivity contribution in [3.63, 3.8) is 0 Å². The van der Waals surface area contributed by atoms with Crippen LogP contribution in [0.3, 0.4) is 0 Å². The van der Waals surface area contributed by atoms with Crippen LogP contribution in [-0.4, -0.2) is 62.6 Å². The molecule has 47 heavy (non-hydrogen) atoms. The quantitative estimate of drug-likeness (QED) is 0.299. The lowest BCUT2D eigenvalue weighted by Gasteiger charge is -2.38. The van der Waals surface area contributed by atoms with E-state index >= 15 is 0 Å². The van der Waals surface area contributed by atoms with Crippen molar-refractivity contribution in [3.05, 3.63) is 107 Å². The van der Waals surface area contributed by atoms with Crippen LogP contribution in [0.5, 0.6) is 0 Å². The highest BCUT2D eigenvalue weighted by Gasteiger charge is 2.49. The first-order valence-electron chi connectivity index (χ1n) is 14.8. The number of aromatic nitrogens is 3. The van der Waals surface area contributed by atoms with Gasteiger partial charge in [-0.2, -0.15) is 23.5 Å². The number of hydrogen-bond donors (Lipinski definition) is 1. The number of anilines is 1. The third-order valence-electron chi connectivity index (χ3n) is 8.32. The number of carbonyl (C=O) groups is 3. The van der Waals surface area contributed by atoms with Crippen LogP contribution in [0, 0.1) is 17.1 Å². The minimum Gasteiger partial charge on any atom is -0.339 e. The molecule has 4 heterocycles. The van der Waals surface area contributed by atoms with Crippen LogP contribution in [0.1, 0.15) is 63.4 Å². The highest BCUT2D eigenvalue weighted by atomic mass is 19.4. The summed E-state index contributed by atoms with van der Waals surface area (Å²) in [7, 11) is 0. The molecule has 1 N–H and O–H groups in total. The zero-order valence-corrected chi connectivity index (χ0v) is 24.9. The number of para-hydroxylation sites is 1. The molecule has 10 nitrogen and oxygen atoms in total. The summed E-state index contributed by atoms with van der Waals surface area (Å²) < 4.78 is 56.0. The molecule has 0 radical (unpaired) electrons. The molecule has 0 bridgehead atoms. The number of nitrogens with one attached hydrogen (secondary N) is 1. The largest absolute Gasteiger partial charge is 0.416 e. The summed E-state index contributed by atoms with van der Waals surface area (Å²) in [5, 5.41) is 17.0. The molecule has 0 spiro atoms. The molecule has 3 amide bonds. The molecule has 240 valence electrons. The molecule has 0 aliphatic carbocycles. The first-order valence-corrected chi connectivity index (χ1v) is 14.8. The van der Waals surface area contributed by atoms with Crippen molar-refractivity contribution in [2.75, 3.05) is 18.0 Å². The van der Waals surface area contributed by atoms with Crippen LogP contribution in [0.4, 0.5) is 23.4 Å². The minimum atomic E-state index is -4.72. The minimum absolute atomic E-state index is 0.0576. The van der Waals surface area contributed by atoms with Gasteiger partial charge in [-0.05, 0) is 62.2 Å². The third-order valence-corrected chi connectivity index (χ3v) is 8.32. The number of alkyl halides is 3. The monoisotopic (exact) mass is 645 g/mol. The van der Waals surface area contributed by atoms with E-state index in [1.54, 1.807) is 37.3 Å². The van der Waals surface area contributed by atoms with E-state index < -0.39 is 53.3 Å². The van der Waals surface area contributed by atoms with E-state index in [1.165, 1.54) is 26.6 Å². The van der Waals surface area contributed by atoms with Gasteiger partial charge in [-0.3, -0.25) is 24.3 Å². The lowest BCUT2D eigenvalue weighted by atomic mass is 9.83. The number of amides is 3. The van der Waals surface area contributed by atoms with Crippen molar-refractivity contribution >= 4 is 23.5 Å². The second-order valence-corrected chi connectivity index (χ2v) is 11.1. The number of carbonyl (C=O) groups excluding carboxylic acids is 3. The standard InChI is InChI=1S/C33H27F4N7O3/c1-2-42-30-26(28(32(47)43-15-7-12-23(43)17-38)41-44(30)22-10-4-3-5-11-22)25(24-14-13-21(34)18-39-24)27(31(42)46)40-29(45)19-8-6-9-20(16-19)33(35,36)37/h3-6,8-11,13-14,16,18,23,25,27H,2,7,12,15H2,1H3,(H,40,45)/t23-,25-,27-/m0/s1. The Balaban J connectivity index is 1.57.